The molecule has 2 aromatic rings. The molecule has 114 valence electrons. The van der Waals surface area contributed by atoms with Crippen LogP contribution in [0, 0.1) is 0 Å². The van der Waals surface area contributed by atoms with Crippen molar-refractivity contribution in [2.75, 3.05) is 14.2 Å². The highest BCUT2D eigenvalue weighted by molar-refractivity contribution is 6.31. The van der Waals surface area contributed by atoms with Gasteiger partial charge in [0.1, 0.15) is 5.75 Å². The molecular weight excluding hydrogens is 300 g/mol. The van der Waals surface area contributed by atoms with E-state index >= 15 is 0 Å². The lowest BCUT2D eigenvalue weighted by Gasteiger charge is -2.07. The van der Waals surface area contributed by atoms with Crippen molar-refractivity contribution in [3.8, 4) is 5.75 Å². The second kappa shape index (κ2) is 6.01. The standard InChI is InChI=1S/C18H17ClO3/c1-21-13-7-8-14(17(19)9-13)16-10-15(16)11-3-5-12(6-4-11)18(20)22-2/h3-9,15-16H,10H2,1-2H3/t15-,16-/m0/s1. The van der Waals surface area contributed by atoms with Gasteiger partial charge in [-0.2, -0.15) is 0 Å². The fraction of sp³-hybridized carbons (Fsp3) is 0.278. The van der Waals surface area contributed by atoms with Crippen molar-refractivity contribution in [3.05, 3.63) is 64.2 Å². The van der Waals surface area contributed by atoms with Crippen LogP contribution >= 0.6 is 11.6 Å². The number of hydrogen-bond acceptors (Lipinski definition) is 3. The van der Waals surface area contributed by atoms with Gasteiger partial charge in [-0.25, -0.2) is 4.79 Å². The Labute approximate surface area is 134 Å². The summed E-state index contributed by atoms with van der Waals surface area (Å²) in [4.78, 5) is 11.4. The van der Waals surface area contributed by atoms with E-state index in [1.807, 2.05) is 42.5 Å². The Kier molecular flexibility index (Phi) is 4.08. The van der Waals surface area contributed by atoms with Crippen LogP contribution in [0.25, 0.3) is 0 Å². The third-order valence-corrected chi connectivity index (χ3v) is 4.48. The van der Waals surface area contributed by atoms with Gasteiger partial charge in [0.05, 0.1) is 19.8 Å². The van der Waals surface area contributed by atoms with Crippen LogP contribution in [0.2, 0.25) is 5.02 Å². The lowest BCUT2D eigenvalue weighted by atomic mass is 10.0. The SMILES string of the molecule is COC(=O)c1ccc([C@@H]2C[C@H]2c2ccc(OC)cc2Cl)cc1. The molecule has 3 nitrogen and oxygen atoms in total. The number of methoxy groups -OCH3 is 2. The van der Waals surface area contributed by atoms with E-state index in [4.69, 9.17) is 21.1 Å². The molecule has 0 unspecified atom stereocenters. The van der Waals surface area contributed by atoms with Gasteiger partial charge in [-0.15, -0.1) is 0 Å². The minimum absolute atomic E-state index is 0.308. The average molecular weight is 317 g/mol. The molecule has 0 spiro atoms. The number of carbonyl (C=O) groups excluding carboxylic acids is 1. The lowest BCUT2D eigenvalue weighted by Crippen LogP contribution is -2.00. The Morgan fingerprint density at radius 1 is 1.09 bits per heavy atom. The van der Waals surface area contributed by atoms with Crippen molar-refractivity contribution in [1.29, 1.82) is 0 Å². The fourth-order valence-corrected chi connectivity index (χ4v) is 3.14. The summed E-state index contributed by atoms with van der Waals surface area (Å²) >= 11 is 6.34. The van der Waals surface area contributed by atoms with Gasteiger partial charge in [-0.1, -0.05) is 29.8 Å². The molecule has 22 heavy (non-hydrogen) atoms. The van der Waals surface area contributed by atoms with E-state index in [1.54, 1.807) is 7.11 Å². The Balaban J connectivity index is 1.75. The first-order valence-corrected chi connectivity index (χ1v) is 7.53. The highest BCUT2D eigenvalue weighted by atomic mass is 35.5. The van der Waals surface area contributed by atoms with E-state index in [0.717, 1.165) is 22.8 Å². The zero-order valence-corrected chi connectivity index (χ0v) is 13.3. The maximum absolute atomic E-state index is 11.4. The van der Waals surface area contributed by atoms with Crippen LogP contribution < -0.4 is 4.74 Å². The van der Waals surface area contributed by atoms with Crippen LogP contribution in [-0.2, 0) is 4.74 Å². The zero-order chi connectivity index (χ0) is 15.7. The number of halogens is 1. The van der Waals surface area contributed by atoms with Crippen molar-refractivity contribution in [1.82, 2.24) is 0 Å². The molecule has 1 saturated carbocycles. The topological polar surface area (TPSA) is 35.5 Å². The Bertz CT molecular complexity index is 694. The van der Waals surface area contributed by atoms with Gasteiger partial charge in [0.15, 0.2) is 0 Å². The molecule has 2 aromatic carbocycles. The molecule has 0 aromatic heterocycles. The highest BCUT2D eigenvalue weighted by Gasteiger charge is 2.40. The van der Waals surface area contributed by atoms with Gasteiger partial charge < -0.3 is 9.47 Å². The summed E-state index contributed by atoms with van der Waals surface area (Å²) in [7, 11) is 3.02. The van der Waals surface area contributed by atoms with E-state index in [1.165, 1.54) is 12.7 Å². The molecule has 3 rings (SSSR count). The molecule has 1 aliphatic carbocycles. The smallest absolute Gasteiger partial charge is 0.337 e. The van der Waals surface area contributed by atoms with E-state index in [9.17, 15) is 4.79 Å². The summed E-state index contributed by atoms with van der Waals surface area (Å²) in [6, 6.07) is 13.4. The molecule has 0 radical (unpaired) electrons. The van der Waals surface area contributed by atoms with Crippen molar-refractivity contribution >= 4 is 17.6 Å². The number of ether oxygens (including phenoxy) is 2. The second-order valence-electron chi connectivity index (χ2n) is 5.45. The van der Waals surface area contributed by atoms with Gasteiger partial charge in [-0.05, 0) is 53.6 Å². The molecule has 0 heterocycles. The number of carbonyl (C=O) groups is 1. The third kappa shape index (κ3) is 2.81. The molecule has 1 aliphatic rings. The van der Waals surface area contributed by atoms with Crippen molar-refractivity contribution < 1.29 is 14.3 Å². The number of esters is 1. The second-order valence-corrected chi connectivity index (χ2v) is 5.86. The van der Waals surface area contributed by atoms with Crippen molar-refractivity contribution in [2.45, 2.75) is 18.3 Å². The van der Waals surface area contributed by atoms with E-state index in [2.05, 4.69) is 0 Å². The molecule has 0 amide bonds. The third-order valence-electron chi connectivity index (χ3n) is 4.16. The van der Waals surface area contributed by atoms with Crippen LogP contribution in [0.15, 0.2) is 42.5 Å². The maximum Gasteiger partial charge on any atom is 0.337 e. The lowest BCUT2D eigenvalue weighted by molar-refractivity contribution is 0.0600. The Morgan fingerprint density at radius 2 is 1.82 bits per heavy atom. The Morgan fingerprint density at radius 3 is 2.41 bits per heavy atom. The molecule has 2 atom stereocenters. The molecule has 1 fully saturated rings. The molecule has 0 bridgehead atoms. The van der Waals surface area contributed by atoms with Gasteiger partial charge >= 0.3 is 5.97 Å². The maximum atomic E-state index is 11.4. The predicted octanol–water partition coefficient (Wildman–Crippen LogP) is 4.41. The van der Waals surface area contributed by atoms with E-state index in [-0.39, 0.29) is 5.97 Å². The molecule has 0 N–H and O–H groups in total. The Hall–Kier alpha value is -2.00. The first-order valence-electron chi connectivity index (χ1n) is 7.15. The first kappa shape index (κ1) is 14.9. The summed E-state index contributed by atoms with van der Waals surface area (Å²) in [5.41, 5.74) is 2.96. The molecule has 0 saturated heterocycles. The minimum atomic E-state index is -0.308. The normalized spacial score (nSPS) is 19.6. The summed E-state index contributed by atoms with van der Waals surface area (Å²) in [5, 5.41) is 0.748. The number of benzene rings is 2. The molecule has 0 aliphatic heterocycles. The molecule has 4 heteroatoms. The predicted molar refractivity (Wildman–Crippen MR) is 85.9 cm³/mol. The van der Waals surface area contributed by atoms with Crippen LogP contribution in [-0.4, -0.2) is 20.2 Å². The monoisotopic (exact) mass is 316 g/mol. The first-order chi connectivity index (χ1) is 10.6. The summed E-state index contributed by atoms with van der Waals surface area (Å²) < 4.78 is 9.89. The van der Waals surface area contributed by atoms with Crippen LogP contribution in [0.5, 0.6) is 5.75 Å². The largest absolute Gasteiger partial charge is 0.497 e. The van der Waals surface area contributed by atoms with Crippen LogP contribution in [0.1, 0.15) is 39.7 Å². The van der Waals surface area contributed by atoms with Gasteiger partial charge in [-0.3, -0.25) is 0 Å². The summed E-state index contributed by atoms with van der Waals surface area (Å²) in [6.07, 6.45) is 1.07. The van der Waals surface area contributed by atoms with Crippen LogP contribution in [0.4, 0.5) is 0 Å². The van der Waals surface area contributed by atoms with Crippen LogP contribution in [0.3, 0.4) is 0 Å². The summed E-state index contributed by atoms with van der Waals surface area (Å²) in [5.74, 6) is 1.35. The zero-order valence-electron chi connectivity index (χ0n) is 12.5. The van der Waals surface area contributed by atoms with Crippen molar-refractivity contribution in [3.63, 3.8) is 0 Å². The van der Waals surface area contributed by atoms with Crippen molar-refractivity contribution in [2.24, 2.45) is 0 Å². The number of rotatable bonds is 4. The summed E-state index contributed by atoms with van der Waals surface area (Å²) in [6.45, 7) is 0. The van der Waals surface area contributed by atoms with E-state index < -0.39 is 0 Å². The number of hydrogen-bond donors (Lipinski definition) is 0. The van der Waals surface area contributed by atoms with Gasteiger partial charge in [0.25, 0.3) is 0 Å². The van der Waals surface area contributed by atoms with E-state index in [0.29, 0.717) is 17.4 Å². The minimum Gasteiger partial charge on any atom is -0.497 e. The average Bonchev–Trinajstić information content (AvgIpc) is 3.34. The highest BCUT2D eigenvalue weighted by Crippen LogP contribution is 2.56. The molecular formula is C18H17ClO3. The van der Waals surface area contributed by atoms with Gasteiger partial charge in [0, 0.05) is 5.02 Å². The van der Waals surface area contributed by atoms with Gasteiger partial charge in [0.2, 0.25) is 0 Å². The quantitative estimate of drug-likeness (QED) is 0.784. The fourth-order valence-electron chi connectivity index (χ4n) is 2.83.